The van der Waals surface area contributed by atoms with Crippen LogP contribution in [-0.2, 0) is 10.0 Å². The third-order valence-corrected chi connectivity index (χ3v) is 4.06. The summed E-state index contributed by atoms with van der Waals surface area (Å²) in [6.07, 6.45) is 2.11. The number of sulfonamides is 1. The molecule has 0 radical (unpaired) electrons. The fraction of sp³-hybridized carbons (Fsp3) is 0.364. The van der Waals surface area contributed by atoms with Gasteiger partial charge in [-0.1, -0.05) is 11.6 Å². The van der Waals surface area contributed by atoms with Crippen LogP contribution < -0.4 is 10.5 Å². The van der Waals surface area contributed by atoms with Crippen molar-refractivity contribution >= 4 is 27.5 Å². The monoisotopic (exact) mass is 306 g/mol. The molecule has 1 aliphatic carbocycles. The topological polar surface area (TPSA) is 89.3 Å². The Balaban J connectivity index is 2.30. The number of rotatable bonds is 4. The van der Waals surface area contributed by atoms with Crippen LogP contribution in [0.2, 0.25) is 5.02 Å². The number of hydrogen-bond acceptors (Lipinski definition) is 3. The number of hydrogen-bond donors (Lipinski definition) is 2. The summed E-state index contributed by atoms with van der Waals surface area (Å²) < 4.78 is 35.8. The van der Waals surface area contributed by atoms with Gasteiger partial charge in [-0.15, -0.1) is 0 Å². The average molecular weight is 307 g/mol. The van der Waals surface area contributed by atoms with E-state index < -0.39 is 26.6 Å². The number of halogens is 2. The average Bonchev–Trinajstić information content (AvgIpc) is 3.07. The molecule has 0 spiro atoms. The van der Waals surface area contributed by atoms with E-state index in [0.29, 0.717) is 12.5 Å². The van der Waals surface area contributed by atoms with Crippen molar-refractivity contribution in [3.05, 3.63) is 28.5 Å². The second-order valence-electron chi connectivity index (χ2n) is 4.46. The van der Waals surface area contributed by atoms with E-state index in [-0.39, 0.29) is 10.6 Å². The van der Waals surface area contributed by atoms with E-state index in [1.54, 1.807) is 0 Å². The van der Waals surface area contributed by atoms with Crippen LogP contribution in [0.25, 0.3) is 0 Å². The molecule has 3 N–H and O–H groups in total. The number of nitrogens with two attached hydrogens (primary N) is 1. The molecule has 8 heteroatoms. The molecule has 1 aliphatic rings. The molecule has 0 saturated heterocycles. The van der Waals surface area contributed by atoms with E-state index in [2.05, 4.69) is 5.32 Å². The summed E-state index contributed by atoms with van der Waals surface area (Å²) in [6, 6.07) is 1.63. The molecule has 0 aromatic heterocycles. The lowest BCUT2D eigenvalue weighted by Crippen LogP contribution is -2.26. The van der Waals surface area contributed by atoms with E-state index in [9.17, 15) is 17.6 Å². The maximum absolute atomic E-state index is 13.4. The van der Waals surface area contributed by atoms with Gasteiger partial charge in [-0.3, -0.25) is 4.79 Å². The first-order valence-corrected chi connectivity index (χ1v) is 7.51. The maximum atomic E-state index is 13.4. The highest BCUT2D eigenvalue weighted by atomic mass is 35.5. The standard InChI is InChI=1S/C11H12ClFN2O3S/c12-8-4-9(13)10(19(14,17)18)3-7(8)11(16)15-5-6-1-2-6/h3-4,6H,1-2,5H2,(H,15,16)(H2,14,17,18). The van der Waals surface area contributed by atoms with E-state index >= 15 is 0 Å². The summed E-state index contributed by atoms with van der Waals surface area (Å²) in [7, 11) is -4.24. The number of carbonyl (C=O) groups is 1. The van der Waals surface area contributed by atoms with E-state index in [0.717, 1.165) is 25.0 Å². The van der Waals surface area contributed by atoms with Gasteiger partial charge in [0.25, 0.3) is 5.91 Å². The highest BCUT2D eigenvalue weighted by Crippen LogP contribution is 2.28. The molecule has 0 heterocycles. The van der Waals surface area contributed by atoms with Gasteiger partial charge in [0.1, 0.15) is 10.7 Å². The van der Waals surface area contributed by atoms with Crippen LogP contribution >= 0.6 is 11.6 Å². The third-order valence-electron chi connectivity index (χ3n) is 2.82. The molecule has 1 amide bonds. The molecule has 0 atom stereocenters. The summed E-state index contributed by atoms with van der Waals surface area (Å²) in [5.74, 6) is -1.16. The van der Waals surface area contributed by atoms with E-state index in [4.69, 9.17) is 16.7 Å². The van der Waals surface area contributed by atoms with Gasteiger partial charge in [-0.2, -0.15) is 0 Å². The summed E-state index contributed by atoms with van der Waals surface area (Å²) >= 11 is 5.74. The summed E-state index contributed by atoms with van der Waals surface area (Å²) in [4.78, 5) is 11.1. The maximum Gasteiger partial charge on any atom is 0.252 e. The minimum absolute atomic E-state index is 0.104. The fourth-order valence-electron chi connectivity index (χ4n) is 1.58. The first-order chi connectivity index (χ1) is 8.79. The first-order valence-electron chi connectivity index (χ1n) is 5.59. The van der Waals surface area contributed by atoms with Crippen LogP contribution in [0.5, 0.6) is 0 Å². The highest BCUT2D eigenvalue weighted by molar-refractivity contribution is 7.89. The van der Waals surface area contributed by atoms with Crippen molar-refractivity contribution in [2.24, 2.45) is 11.1 Å². The summed E-state index contributed by atoms with van der Waals surface area (Å²) in [6.45, 7) is 0.497. The predicted molar refractivity (Wildman–Crippen MR) is 67.8 cm³/mol. The molecule has 5 nitrogen and oxygen atoms in total. The predicted octanol–water partition coefficient (Wildman–Crippen LogP) is 1.27. The van der Waals surface area contributed by atoms with Gasteiger partial charge in [0.15, 0.2) is 0 Å². The Bertz CT molecular complexity index is 629. The minimum atomic E-state index is -4.24. The zero-order valence-corrected chi connectivity index (χ0v) is 11.4. The Labute approximate surface area is 115 Å². The molecule has 19 heavy (non-hydrogen) atoms. The second kappa shape index (κ2) is 5.07. The van der Waals surface area contributed by atoms with Crippen LogP contribution in [-0.4, -0.2) is 20.9 Å². The molecule has 104 valence electrons. The van der Waals surface area contributed by atoms with Crippen molar-refractivity contribution < 1.29 is 17.6 Å². The van der Waals surface area contributed by atoms with Gasteiger partial charge < -0.3 is 5.32 Å². The van der Waals surface area contributed by atoms with Crippen molar-refractivity contribution in [3.8, 4) is 0 Å². The number of primary sulfonamides is 1. The molecule has 0 bridgehead atoms. The number of benzene rings is 1. The van der Waals surface area contributed by atoms with E-state index in [1.807, 2.05) is 0 Å². The first kappa shape index (κ1) is 14.2. The lowest BCUT2D eigenvalue weighted by atomic mass is 10.2. The third kappa shape index (κ3) is 3.43. The molecule has 1 aromatic rings. The molecule has 1 fully saturated rings. The van der Waals surface area contributed by atoms with Crippen molar-refractivity contribution in [1.82, 2.24) is 5.32 Å². The molecule has 1 aromatic carbocycles. The van der Waals surface area contributed by atoms with Gasteiger partial charge in [0.2, 0.25) is 10.0 Å². The molecule has 2 rings (SSSR count). The van der Waals surface area contributed by atoms with Gasteiger partial charge in [0.05, 0.1) is 10.6 Å². The molecular formula is C11H12ClFN2O3S. The lowest BCUT2D eigenvalue weighted by molar-refractivity contribution is 0.0951. The Morgan fingerprint density at radius 3 is 2.63 bits per heavy atom. The SMILES string of the molecule is NS(=O)(=O)c1cc(C(=O)NCC2CC2)c(Cl)cc1F. The zero-order valence-electron chi connectivity index (χ0n) is 9.82. The lowest BCUT2D eigenvalue weighted by Gasteiger charge is -2.08. The van der Waals surface area contributed by atoms with Crippen LogP contribution in [0.4, 0.5) is 4.39 Å². The number of amides is 1. The largest absolute Gasteiger partial charge is 0.352 e. The smallest absolute Gasteiger partial charge is 0.252 e. The van der Waals surface area contributed by atoms with Crippen LogP contribution in [0.3, 0.4) is 0 Å². The fourth-order valence-corrected chi connectivity index (χ4v) is 2.42. The highest BCUT2D eigenvalue weighted by Gasteiger charge is 2.24. The number of carbonyl (C=O) groups excluding carboxylic acids is 1. The van der Waals surface area contributed by atoms with Crippen molar-refractivity contribution in [2.75, 3.05) is 6.54 Å². The Hall–Kier alpha value is -1.18. The zero-order chi connectivity index (χ0) is 14.2. The normalized spacial score (nSPS) is 15.3. The molecule has 0 aliphatic heterocycles. The second-order valence-corrected chi connectivity index (χ2v) is 6.40. The van der Waals surface area contributed by atoms with Gasteiger partial charge in [0, 0.05) is 6.54 Å². The Morgan fingerprint density at radius 2 is 2.11 bits per heavy atom. The van der Waals surface area contributed by atoms with Gasteiger partial charge in [-0.05, 0) is 30.9 Å². The van der Waals surface area contributed by atoms with Crippen molar-refractivity contribution in [3.63, 3.8) is 0 Å². The van der Waals surface area contributed by atoms with Crippen LogP contribution in [0.1, 0.15) is 23.2 Å². The summed E-state index contributed by atoms with van der Waals surface area (Å²) in [5.41, 5.74) is -0.104. The Morgan fingerprint density at radius 1 is 1.47 bits per heavy atom. The van der Waals surface area contributed by atoms with Gasteiger partial charge >= 0.3 is 0 Å². The van der Waals surface area contributed by atoms with Crippen molar-refractivity contribution in [2.45, 2.75) is 17.7 Å². The van der Waals surface area contributed by atoms with Crippen LogP contribution in [0, 0.1) is 11.7 Å². The minimum Gasteiger partial charge on any atom is -0.352 e. The summed E-state index contributed by atoms with van der Waals surface area (Å²) in [5, 5.41) is 7.33. The molecule has 0 unspecified atom stereocenters. The van der Waals surface area contributed by atoms with Crippen molar-refractivity contribution in [1.29, 1.82) is 0 Å². The van der Waals surface area contributed by atoms with Gasteiger partial charge in [-0.25, -0.2) is 17.9 Å². The molecule has 1 saturated carbocycles. The number of nitrogens with one attached hydrogen (secondary N) is 1. The molecular weight excluding hydrogens is 295 g/mol. The van der Waals surface area contributed by atoms with Crippen LogP contribution in [0.15, 0.2) is 17.0 Å². The van der Waals surface area contributed by atoms with E-state index in [1.165, 1.54) is 0 Å². The Kier molecular flexibility index (Phi) is 3.80. The quantitative estimate of drug-likeness (QED) is 0.877.